The van der Waals surface area contributed by atoms with E-state index < -0.39 is 0 Å². The van der Waals surface area contributed by atoms with Crippen molar-refractivity contribution in [1.29, 1.82) is 0 Å². The molecule has 1 aliphatic heterocycles. The largest absolute Gasteiger partial charge is 0.481 e. The molecule has 4 nitrogen and oxygen atoms in total. The summed E-state index contributed by atoms with van der Waals surface area (Å²) >= 11 is 0. The Kier molecular flexibility index (Phi) is 3.12. The van der Waals surface area contributed by atoms with Crippen molar-refractivity contribution in [3.63, 3.8) is 0 Å². The Morgan fingerprint density at radius 3 is 2.47 bits per heavy atom. The van der Waals surface area contributed by atoms with Gasteiger partial charge < -0.3 is 4.74 Å². The van der Waals surface area contributed by atoms with Crippen LogP contribution in [0.5, 0.6) is 5.88 Å². The van der Waals surface area contributed by atoms with Crippen molar-refractivity contribution in [2.75, 3.05) is 7.11 Å². The van der Waals surface area contributed by atoms with E-state index in [1.54, 1.807) is 7.11 Å². The Labute approximate surface area is 113 Å². The minimum atomic E-state index is 0.354. The van der Waals surface area contributed by atoms with Crippen LogP contribution in [0.1, 0.15) is 25.3 Å². The molecule has 4 heteroatoms. The first-order chi connectivity index (χ1) is 9.20. The molecular weight excluding hydrogens is 238 g/mol. The number of pyridine rings is 1. The Balaban J connectivity index is 2.16. The molecule has 1 saturated heterocycles. The van der Waals surface area contributed by atoms with E-state index in [-0.39, 0.29) is 0 Å². The maximum absolute atomic E-state index is 5.50. The second-order valence-corrected chi connectivity index (χ2v) is 5.17. The smallest absolute Gasteiger partial charge is 0.217 e. The lowest BCUT2D eigenvalue weighted by molar-refractivity contribution is 0.386. The van der Waals surface area contributed by atoms with Crippen LogP contribution in [0.2, 0.25) is 0 Å². The first-order valence-electron chi connectivity index (χ1n) is 6.65. The topological polar surface area (TPSA) is 46.2 Å². The summed E-state index contributed by atoms with van der Waals surface area (Å²) < 4.78 is 5.50. The number of aromatic nitrogens is 1. The van der Waals surface area contributed by atoms with Gasteiger partial charge in [-0.15, -0.1) is 0 Å². The van der Waals surface area contributed by atoms with Crippen LogP contribution in [-0.4, -0.2) is 24.2 Å². The summed E-state index contributed by atoms with van der Waals surface area (Å²) in [5.41, 5.74) is 8.71. The molecule has 100 valence electrons. The second kappa shape index (κ2) is 4.79. The van der Waals surface area contributed by atoms with Crippen LogP contribution < -0.4 is 15.6 Å². The number of hydrogen-bond acceptors (Lipinski definition) is 4. The fourth-order valence-corrected chi connectivity index (χ4v) is 2.93. The molecule has 2 atom stereocenters. The van der Waals surface area contributed by atoms with Crippen molar-refractivity contribution < 1.29 is 4.74 Å². The first-order valence-corrected chi connectivity index (χ1v) is 6.65. The van der Waals surface area contributed by atoms with Crippen molar-refractivity contribution in [3.05, 3.63) is 35.9 Å². The van der Waals surface area contributed by atoms with E-state index in [2.05, 4.69) is 41.8 Å². The number of nitrogens with zero attached hydrogens (tertiary/aromatic N) is 1. The predicted molar refractivity (Wildman–Crippen MR) is 76.2 cm³/mol. The molecule has 0 radical (unpaired) electrons. The maximum atomic E-state index is 5.50. The van der Waals surface area contributed by atoms with Gasteiger partial charge in [-0.05, 0) is 26.0 Å². The van der Waals surface area contributed by atoms with Gasteiger partial charge in [-0.2, -0.15) is 0 Å². The molecule has 0 spiro atoms. The number of hydrazine groups is 1. The van der Waals surface area contributed by atoms with Gasteiger partial charge in [0.2, 0.25) is 5.88 Å². The Bertz CT molecular complexity index is 589. The quantitative estimate of drug-likeness (QED) is 0.866. The number of rotatable bonds is 2. The number of methoxy groups -OCH3 is 1. The van der Waals surface area contributed by atoms with Crippen molar-refractivity contribution in [3.8, 4) is 5.88 Å². The summed E-state index contributed by atoms with van der Waals surface area (Å²) in [6, 6.07) is 11.1. The molecule has 2 N–H and O–H groups in total. The summed E-state index contributed by atoms with van der Waals surface area (Å²) in [7, 11) is 1.69. The molecule has 2 heterocycles. The molecule has 1 fully saturated rings. The Morgan fingerprint density at radius 2 is 1.79 bits per heavy atom. The van der Waals surface area contributed by atoms with Gasteiger partial charge in [-0.25, -0.2) is 4.98 Å². The van der Waals surface area contributed by atoms with E-state index in [4.69, 9.17) is 4.74 Å². The van der Waals surface area contributed by atoms with Crippen LogP contribution in [0.3, 0.4) is 0 Å². The highest BCUT2D eigenvalue weighted by Crippen LogP contribution is 2.34. The molecule has 1 aromatic carbocycles. The average molecular weight is 257 g/mol. The number of nitrogens with one attached hydrogen (secondary N) is 2. The van der Waals surface area contributed by atoms with Crippen molar-refractivity contribution in [2.45, 2.75) is 31.8 Å². The number of ether oxygens (including phenoxy) is 1. The van der Waals surface area contributed by atoms with Crippen LogP contribution in [0.25, 0.3) is 10.9 Å². The standard InChI is InChI=1S/C15H19N3O/c1-9-14(10(2)18-17-9)12-8-11-6-4-5-7-13(11)16-15(12)19-3/h4-10,14,17-18H,1-3H3. The molecule has 0 aliphatic carbocycles. The van der Waals surface area contributed by atoms with Crippen molar-refractivity contribution in [1.82, 2.24) is 15.8 Å². The third-order valence-corrected chi connectivity index (χ3v) is 3.89. The zero-order valence-electron chi connectivity index (χ0n) is 11.5. The molecule has 0 saturated carbocycles. The third-order valence-electron chi connectivity index (χ3n) is 3.89. The summed E-state index contributed by atoms with van der Waals surface area (Å²) in [4.78, 5) is 4.63. The number of hydrogen-bond donors (Lipinski definition) is 2. The summed E-state index contributed by atoms with van der Waals surface area (Å²) in [5.74, 6) is 1.08. The van der Waals surface area contributed by atoms with Crippen molar-refractivity contribution >= 4 is 10.9 Å². The molecule has 0 bridgehead atoms. The molecule has 3 rings (SSSR count). The van der Waals surface area contributed by atoms with Crippen LogP contribution in [0.4, 0.5) is 0 Å². The van der Waals surface area contributed by atoms with Gasteiger partial charge in [-0.3, -0.25) is 10.9 Å². The van der Waals surface area contributed by atoms with Crippen LogP contribution in [0.15, 0.2) is 30.3 Å². The van der Waals surface area contributed by atoms with E-state index in [1.807, 2.05) is 18.2 Å². The molecule has 2 unspecified atom stereocenters. The second-order valence-electron chi connectivity index (χ2n) is 5.17. The summed E-state index contributed by atoms with van der Waals surface area (Å²) in [6.45, 7) is 4.35. The van der Waals surface area contributed by atoms with Gasteiger partial charge >= 0.3 is 0 Å². The van der Waals surface area contributed by atoms with Crippen molar-refractivity contribution in [2.24, 2.45) is 0 Å². The molecular formula is C15H19N3O. The summed E-state index contributed by atoms with van der Waals surface area (Å²) in [6.07, 6.45) is 0. The van der Waals surface area contributed by atoms with Gasteiger partial charge in [-0.1, -0.05) is 18.2 Å². The van der Waals surface area contributed by atoms with Gasteiger partial charge in [0, 0.05) is 29.0 Å². The van der Waals surface area contributed by atoms with Gasteiger partial charge in [0.15, 0.2) is 0 Å². The zero-order valence-corrected chi connectivity index (χ0v) is 11.5. The predicted octanol–water partition coefficient (Wildman–Crippen LogP) is 2.21. The fraction of sp³-hybridized carbons (Fsp3) is 0.400. The van der Waals surface area contributed by atoms with Crippen LogP contribution >= 0.6 is 0 Å². The Hall–Kier alpha value is -1.65. The van der Waals surface area contributed by atoms with E-state index in [1.165, 1.54) is 5.56 Å². The minimum absolute atomic E-state index is 0.354. The normalized spacial score (nSPS) is 26.8. The lowest BCUT2D eigenvalue weighted by Crippen LogP contribution is -2.30. The van der Waals surface area contributed by atoms with Gasteiger partial charge in [0.05, 0.1) is 12.6 Å². The number of para-hydroxylation sites is 1. The molecule has 1 aromatic heterocycles. The summed E-state index contributed by atoms with van der Waals surface area (Å²) in [5, 5.41) is 1.16. The lowest BCUT2D eigenvalue weighted by Gasteiger charge is -2.20. The maximum Gasteiger partial charge on any atom is 0.217 e. The number of benzene rings is 1. The molecule has 0 amide bonds. The van der Waals surface area contributed by atoms with E-state index >= 15 is 0 Å². The third kappa shape index (κ3) is 2.07. The van der Waals surface area contributed by atoms with Gasteiger partial charge in [0.25, 0.3) is 0 Å². The molecule has 1 aliphatic rings. The highest BCUT2D eigenvalue weighted by molar-refractivity contribution is 5.80. The fourth-order valence-electron chi connectivity index (χ4n) is 2.93. The first kappa shape index (κ1) is 12.4. The average Bonchev–Trinajstić information content (AvgIpc) is 2.76. The highest BCUT2D eigenvalue weighted by Gasteiger charge is 2.33. The van der Waals surface area contributed by atoms with Crippen LogP contribution in [-0.2, 0) is 0 Å². The Morgan fingerprint density at radius 1 is 1.11 bits per heavy atom. The lowest BCUT2D eigenvalue weighted by atomic mass is 9.88. The highest BCUT2D eigenvalue weighted by atomic mass is 16.5. The molecule has 2 aromatic rings. The van der Waals surface area contributed by atoms with E-state index in [0.29, 0.717) is 18.0 Å². The van der Waals surface area contributed by atoms with Crippen LogP contribution in [0, 0.1) is 0 Å². The number of fused-ring (bicyclic) bond motifs is 1. The van der Waals surface area contributed by atoms with E-state index in [9.17, 15) is 0 Å². The minimum Gasteiger partial charge on any atom is -0.481 e. The monoisotopic (exact) mass is 257 g/mol. The molecule has 19 heavy (non-hydrogen) atoms. The van der Waals surface area contributed by atoms with Gasteiger partial charge in [0.1, 0.15) is 0 Å². The zero-order chi connectivity index (χ0) is 13.4. The SMILES string of the molecule is COc1nc2ccccc2cc1C1C(C)NNC1C. The van der Waals surface area contributed by atoms with E-state index in [0.717, 1.165) is 16.8 Å².